The molecule has 2 aromatic rings. The van der Waals surface area contributed by atoms with Crippen LogP contribution >= 0.6 is 27.3 Å². The van der Waals surface area contributed by atoms with Gasteiger partial charge in [0.15, 0.2) is 5.13 Å². The number of carbonyl (C=O) groups excluding carboxylic acids is 1. The van der Waals surface area contributed by atoms with Gasteiger partial charge in [0.1, 0.15) is 5.82 Å². The Morgan fingerprint density at radius 2 is 2.26 bits per heavy atom. The number of nitrogens with one attached hydrogen (secondary N) is 2. The molecule has 0 unspecified atom stereocenters. The van der Waals surface area contributed by atoms with E-state index < -0.39 is 0 Å². The van der Waals surface area contributed by atoms with Crippen molar-refractivity contribution in [2.75, 3.05) is 17.7 Å². The van der Waals surface area contributed by atoms with Gasteiger partial charge in [0.05, 0.1) is 9.98 Å². The number of aryl methyl sites for hydroxylation is 1. The Morgan fingerprint density at radius 1 is 1.47 bits per heavy atom. The van der Waals surface area contributed by atoms with Crippen molar-refractivity contribution in [1.29, 1.82) is 0 Å². The van der Waals surface area contributed by atoms with Gasteiger partial charge in [0, 0.05) is 18.3 Å². The van der Waals surface area contributed by atoms with E-state index in [1.807, 2.05) is 6.92 Å². The van der Waals surface area contributed by atoms with Gasteiger partial charge in [-0.2, -0.15) is 0 Å². The highest BCUT2D eigenvalue weighted by Crippen LogP contribution is 2.23. The summed E-state index contributed by atoms with van der Waals surface area (Å²) < 4.78 is 0.877. The summed E-state index contributed by atoms with van der Waals surface area (Å²) in [7, 11) is 1.78. The van der Waals surface area contributed by atoms with Crippen LogP contribution < -0.4 is 10.6 Å². The van der Waals surface area contributed by atoms with Crippen molar-refractivity contribution in [3.8, 4) is 0 Å². The first-order chi connectivity index (χ1) is 9.12. The molecule has 0 saturated carbocycles. The van der Waals surface area contributed by atoms with Gasteiger partial charge < -0.3 is 5.32 Å². The zero-order chi connectivity index (χ0) is 13.8. The SMILES string of the molecule is CCc1cc(C(=O)Nc2ncc(Br)s2)cc(NC)n1. The van der Waals surface area contributed by atoms with Crippen LogP contribution in [0.3, 0.4) is 0 Å². The van der Waals surface area contributed by atoms with Gasteiger partial charge in [-0.1, -0.05) is 18.3 Å². The summed E-state index contributed by atoms with van der Waals surface area (Å²) in [5, 5.41) is 6.29. The zero-order valence-corrected chi connectivity index (χ0v) is 12.9. The molecule has 0 spiro atoms. The Morgan fingerprint density at radius 3 is 2.84 bits per heavy atom. The van der Waals surface area contributed by atoms with E-state index in [4.69, 9.17) is 0 Å². The lowest BCUT2D eigenvalue weighted by Crippen LogP contribution is -2.13. The second kappa shape index (κ2) is 6.12. The van der Waals surface area contributed by atoms with Crippen LogP contribution in [0.1, 0.15) is 23.0 Å². The molecule has 0 aliphatic heterocycles. The number of amides is 1. The molecule has 2 aromatic heterocycles. The maximum atomic E-state index is 12.1. The van der Waals surface area contributed by atoms with Crippen LogP contribution in [0.2, 0.25) is 0 Å². The lowest BCUT2D eigenvalue weighted by Gasteiger charge is -2.07. The Bertz CT molecular complexity index is 577. The fourth-order valence-corrected chi connectivity index (χ4v) is 2.61. The summed E-state index contributed by atoms with van der Waals surface area (Å²) >= 11 is 4.68. The van der Waals surface area contributed by atoms with Crippen LogP contribution in [0.15, 0.2) is 22.1 Å². The number of anilines is 2. The monoisotopic (exact) mass is 340 g/mol. The van der Waals surface area contributed by atoms with Crippen LogP contribution in [0.4, 0.5) is 10.9 Å². The molecule has 0 atom stereocenters. The topological polar surface area (TPSA) is 66.9 Å². The minimum Gasteiger partial charge on any atom is -0.373 e. The van der Waals surface area contributed by atoms with Gasteiger partial charge in [-0.3, -0.25) is 10.1 Å². The molecule has 0 aliphatic rings. The molecule has 7 heteroatoms. The van der Waals surface area contributed by atoms with Gasteiger partial charge in [-0.15, -0.1) is 0 Å². The molecule has 0 saturated heterocycles. The van der Waals surface area contributed by atoms with Gasteiger partial charge in [-0.25, -0.2) is 9.97 Å². The minimum atomic E-state index is -0.185. The summed E-state index contributed by atoms with van der Waals surface area (Å²) in [5.74, 6) is 0.500. The van der Waals surface area contributed by atoms with Gasteiger partial charge >= 0.3 is 0 Å². The molecule has 2 heterocycles. The highest BCUT2D eigenvalue weighted by atomic mass is 79.9. The van der Waals surface area contributed by atoms with Crippen molar-refractivity contribution in [2.24, 2.45) is 0 Å². The first-order valence-electron chi connectivity index (χ1n) is 5.73. The van der Waals surface area contributed by atoms with E-state index in [-0.39, 0.29) is 5.91 Å². The predicted octanol–water partition coefficient (Wildman–Crippen LogP) is 3.16. The zero-order valence-electron chi connectivity index (χ0n) is 10.5. The number of halogens is 1. The van der Waals surface area contributed by atoms with Crippen LogP contribution in [0, 0.1) is 0 Å². The number of hydrogen-bond donors (Lipinski definition) is 2. The normalized spacial score (nSPS) is 10.3. The maximum Gasteiger partial charge on any atom is 0.257 e. The molecule has 19 heavy (non-hydrogen) atoms. The highest BCUT2D eigenvalue weighted by molar-refractivity contribution is 9.11. The van der Waals surface area contributed by atoms with Crippen LogP contribution in [0.25, 0.3) is 0 Å². The van der Waals surface area contributed by atoms with Crippen LogP contribution in [-0.2, 0) is 6.42 Å². The first-order valence-corrected chi connectivity index (χ1v) is 7.34. The van der Waals surface area contributed by atoms with Crippen LogP contribution in [-0.4, -0.2) is 22.9 Å². The lowest BCUT2D eigenvalue weighted by atomic mass is 10.2. The van der Waals surface area contributed by atoms with Gasteiger partial charge in [-0.05, 0) is 34.5 Å². The van der Waals surface area contributed by atoms with Crippen molar-refractivity contribution in [3.05, 3.63) is 33.4 Å². The summed E-state index contributed by atoms with van der Waals surface area (Å²) in [5.41, 5.74) is 1.44. The predicted molar refractivity (Wildman–Crippen MR) is 80.9 cm³/mol. The molecule has 0 aliphatic carbocycles. The standard InChI is InChI=1S/C12H13BrN4OS/c1-3-8-4-7(5-10(14-2)16-8)11(18)17-12-15-6-9(13)19-12/h4-6H,3H2,1-2H3,(H,14,16)(H,15,17,18). The molecule has 0 bridgehead atoms. The molecule has 2 rings (SSSR count). The molecule has 100 valence electrons. The summed E-state index contributed by atoms with van der Waals surface area (Å²) in [4.78, 5) is 20.6. The fraction of sp³-hybridized carbons (Fsp3) is 0.250. The van der Waals surface area contributed by atoms with Crippen molar-refractivity contribution in [1.82, 2.24) is 9.97 Å². The number of nitrogens with zero attached hydrogens (tertiary/aromatic N) is 2. The van der Waals surface area contributed by atoms with Crippen molar-refractivity contribution >= 4 is 44.1 Å². The van der Waals surface area contributed by atoms with E-state index in [9.17, 15) is 4.79 Å². The molecule has 0 fully saturated rings. The Hall–Kier alpha value is -1.47. The highest BCUT2D eigenvalue weighted by Gasteiger charge is 2.11. The van der Waals surface area contributed by atoms with Gasteiger partial charge in [0.25, 0.3) is 5.91 Å². The van der Waals surface area contributed by atoms with Crippen molar-refractivity contribution < 1.29 is 4.79 Å². The van der Waals surface area contributed by atoms with E-state index in [0.717, 1.165) is 15.9 Å². The summed E-state index contributed by atoms with van der Waals surface area (Å²) in [6.07, 6.45) is 2.43. The Balaban J connectivity index is 2.22. The van der Waals surface area contributed by atoms with E-state index in [1.54, 1.807) is 25.4 Å². The largest absolute Gasteiger partial charge is 0.373 e. The van der Waals surface area contributed by atoms with Crippen LogP contribution in [0.5, 0.6) is 0 Å². The van der Waals surface area contributed by atoms with Crippen molar-refractivity contribution in [3.63, 3.8) is 0 Å². The average molecular weight is 341 g/mol. The number of carbonyl (C=O) groups is 1. The third kappa shape index (κ3) is 3.51. The third-order valence-electron chi connectivity index (χ3n) is 2.46. The smallest absolute Gasteiger partial charge is 0.257 e. The second-order valence-electron chi connectivity index (χ2n) is 3.76. The third-order valence-corrected chi connectivity index (χ3v) is 3.85. The van der Waals surface area contributed by atoms with Gasteiger partial charge in [0.2, 0.25) is 0 Å². The first kappa shape index (κ1) is 14.0. The quantitative estimate of drug-likeness (QED) is 0.897. The molecular weight excluding hydrogens is 328 g/mol. The molecule has 5 nitrogen and oxygen atoms in total. The number of hydrogen-bond acceptors (Lipinski definition) is 5. The summed E-state index contributed by atoms with van der Waals surface area (Å²) in [6, 6.07) is 3.51. The van der Waals surface area contributed by atoms with Crippen molar-refractivity contribution in [2.45, 2.75) is 13.3 Å². The molecule has 2 N–H and O–H groups in total. The summed E-state index contributed by atoms with van der Waals surface area (Å²) in [6.45, 7) is 2.00. The van der Waals surface area contributed by atoms with E-state index >= 15 is 0 Å². The molecule has 1 amide bonds. The number of thiazole rings is 1. The molecule has 0 aromatic carbocycles. The second-order valence-corrected chi connectivity index (χ2v) is 6.17. The lowest BCUT2D eigenvalue weighted by molar-refractivity contribution is 0.102. The van der Waals surface area contributed by atoms with E-state index in [2.05, 4.69) is 36.5 Å². The minimum absolute atomic E-state index is 0.185. The number of aromatic nitrogens is 2. The molecule has 0 radical (unpaired) electrons. The average Bonchev–Trinajstić information content (AvgIpc) is 2.83. The Labute approximate surface area is 123 Å². The van der Waals surface area contributed by atoms with E-state index in [1.165, 1.54) is 11.3 Å². The molecular formula is C12H13BrN4OS. The Kier molecular flexibility index (Phi) is 4.49. The maximum absolute atomic E-state index is 12.1. The fourth-order valence-electron chi connectivity index (χ4n) is 1.51. The van der Waals surface area contributed by atoms with E-state index in [0.29, 0.717) is 16.5 Å². The number of pyridine rings is 1. The number of rotatable bonds is 4.